The number of nitrogens with zero attached hydrogens (tertiary/aromatic N) is 3. The van der Waals surface area contributed by atoms with Crippen LogP contribution in [0.15, 0.2) is 29.4 Å². The largest absolute Gasteiger partial charge is 0.343 e. The van der Waals surface area contributed by atoms with Gasteiger partial charge in [-0.25, -0.2) is 4.39 Å². The predicted octanol–water partition coefficient (Wildman–Crippen LogP) is 1.50. The molecule has 1 unspecified atom stereocenters. The van der Waals surface area contributed by atoms with E-state index in [4.69, 9.17) is 0 Å². The van der Waals surface area contributed by atoms with Gasteiger partial charge in [0, 0.05) is 25.2 Å². The van der Waals surface area contributed by atoms with E-state index in [0.717, 1.165) is 5.56 Å². The number of nitrogens with one attached hydrogen (secondary N) is 1. The van der Waals surface area contributed by atoms with E-state index < -0.39 is 0 Å². The molecule has 0 bridgehead atoms. The standard InChI is InChI=1S/C11H13FN4O/c1-8(9-4-10(12)6-13-5-9)14-3-2-11-15-7-17-16-11/h4-8,14H,2-3H2,1H3. The van der Waals surface area contributed by atoms with Gasteiger partial charge < -0.3 is 9.84 Å². The molecule has 0 fully saturated rings. The first-order valence-electron chi connectivity index (χ1n) is 5.35. The topological polar surface area (TPSA) is 63.8 Å². The molecule has 17 heavy (non-hydrogen) atoms. The number of hydrogen-bond donors (Lipinski definition) is 1. The van der Waals surface area contributed by atoms with Crippen LogP contribution in [0, 0.1) is 5.82 Å². The zero-order chi connectivity index (χ0) is 12.1. The average Bonchev–Trinajstić information content (AvgIpc) is 2.82. The number of aromatic nitrogens is 3. The van der Waals surface area contributed by atoms with Crippen LogP contribution in [0.1, 0.15) is 24.4 Å². The van der Waals surface area contributed by atoms with Gasteiger partial charge in [0.15, 0.2) is 5.82 Å². The van der Waals surface area contributed by atoms with Gasteiger partial charge in [0.1, 0.15) is 5.82 Å². The fraction of sp³-hybridized carbons (Fsp3) is 0.364. The molecule has 6 heteroatoms. The highest BCUT2D eigenvalue weighted by molar-refractivity contribution is 5.14. The summed E-state index contributed by atoms with van der Waals surface area (Å²) in [6.45, 7) is 2.64. The summed E-state index contributed by atoms with van der Waals surface area (Å²) in [6, 6.07) is 1.50. The van der Waals surface area contributed by atoms with Gasteiger partial charge in [-0.05, 0) is 18.6 Å². The third-order valence-corrected chi connectivity index (χ3v) is 2.43. The van der Waals surface area contributed by atoms with Crippen LogP contribution in [0.5, 0.6) is 0 Å². The van der Waals surface area contributed by atoms with E-state index in [1.165, 1.54) is 18.7 Å². The highest BCUT2D eigenvalue weighted by atomic mass is 19.1. The Morgan fingerprint density at radius 2 is 2.35 bits per heavy atom. The second-order valence-corrected chi connectivity index (χ2v) is 3.71. The van der Waals surface area contributed by atoms with Gasteiger partial charge in [0.05, 0.1) is 6.20 Å². The Hall–Kier alpha value is -1.82. The lowest BCUT2D eigenvalue weighted by Crippen LogP contribution is -2.21. The molecule has 0 aliphatic carbocycles. The third kappa shape index (κ3) is 3.32. The zero-order valence-electron chi connectivity index (χ0n) is 9.43. The van der Waals surface area contributed by atoms with Crippen LogP contribution >= 0.6 is 0 Å². The smallest absolute Gasteiger partial charge is 0.213 e. The van der Waals surface area contributed by atoms with Crippen molar-refractivity contribution >= 4 is 0 Å². The van der Waals surface area contributed by atoms with E-state index in [1.807, 2.05) is 6.92 Å². The molecule has 90 valence electrons. The Labute approximate surface area is 98.1 Å². The van der Waals surface area contributed by atoms with Crippen LogP contribution < -0.4 is 5.32 Å². The van der Waals surface area contributed by atoms with E-state index >= 15 is 0 Å². The summed E-state index contributed by atoms with van der Waals surface area (Å²) in [6.07, 6.45) is 4.81. The summed E-state index contributed by atoms with van der Waals surface area (Å²) < 4.78 is 17.6. The molecule has 0 saturated heterocycles. The molecule has 2 heterocycles. The number of rotatable bonds is 5. The molecule has 0 aliphatic heterocycles. The average molecular weight is 236 g/mol. The minimum Gasteiger partial charge on any atom is -0.343 e. The monoisotopic (exact) mass is 236 g/mol. The van der Waals surface area contributed by atoms with Gasteiger partial charge in [-0.15, -0.1) is 0 Å². The molecule has 5 nitrogen and oxygen atoms in total. The van der Waals surface area contributed by atoms with Crippen molar-refractivity contribution in [3.05, 3.63) is 42.1 Å². The van der Waals surface area contributed by atoms with Crippen LogP contribution in [-0.2, 0) is 6.42 Å². The Bertz CT molecular complexity index is 460. The normalized spacial score (nSPS) is 12.6. The summed E-state index contributed by atoms with van der Waals surface area (Å²) in [5.41, 5.74) is 0.818. The minimum atomic E-state index is -0.325. The zero-order valence-corrected chi connectivity index (χ0v) is 9.43. The Balaban J connectivity index is 1.83. The second kappa shape index (κ2) is 5.49. The first-order chi connectivity index (χ1) is 8.25. The number of pyridine rings is 1. The summed E-state index contributed by atoms with van der Waals surface area (Å²) >= 11 is 0. The van der Waals surface area contributed by atoms with Gasteiger partial charge in [-0.3, -0.25) is 4.98 Å². The highest BCUT2D eigenvalue weighted by Crippen LogP contribution is 2.11. The van der Waals surface area contributed by atoms with Crippen LogP contribution in [0.2, 0.25) is 0 Å². The van der Waals surface area contributed by atoms with Crippen LogP contribution in [0.4, 0.5) is 4.39 Å². The molecule has 1 atom stereocenters. The van der Waals surface area contributed by atoms with E-state index in [0.29, 0.717) is 18.8 Å². The molecule has 1 N–H and O–H groups in total. The first-order valence-corrected chi connectivity index (χ1v) is 5.35. The summed E-state index contributed by atoms with van der Waals surface area (Å²) in [4.78, 5) is 7.72. The van der Waals surface area contributed by atoms with Crippen LogP contribution in [-0.4, -0.2) is 21.7 Å². The number of hydrogen-bond acceptors (Lipinski definition) is 5. The molecule has 0 aromatic carbocycles. The highest BCUT2D eigenvalue weighted by Gasteiger charge is 2.06. The molecule has 0 radical (unpaired) electrons. The molecule has 2 aromatic heterocycles. The van der Waals surface area contributed by atoms with Crippen molar-refractivity contribution in [2.24, 2.45) is 0 Å². The maximum atomic E-state index is 13.0. The van der Waals surface area contributed by atoms with Crippen molar-refractivity contribution in [3.8, 4) is 0 Å². The summed E-state index contributed by atoms with van der Waals surface area (Å²) in [5.74, 6) is 0.330. The van der Waals surface area contributed by atoms with Crippen LogP contribution in [0.3, 0.4) is 0 Å². The van der Waals surface area contributed by atoms with Gasteiger partial charge in [-0.2, -0.15) is 4.98 Å². The SMILES string of the molecule is CC(NCCc1ncon1)c1cncc(F)c1. The van der Waals surface area contributed by atoms with Gasteiger partial charge in [0.25, 0.3) is 0 Å². The van der Waals surface area contributed by atoms with Crippen molar-refractivity contribution in [1.29, 1.82) is 0 Å². The fourth-order valence-electron chi connectivity index (χ4n) is 1.49. The van der Waals surface area contributed by atoms with Crippen molar-refractivity contribution in [2.45, 2.75) is 19.4 Å². The molecule has 2 aromatic rings. The van der Waals surface area contributed by atoms with Crippen LogP contribution in [0.25, 0.3) is 0 Å². The Morgan fingerprint density at radius 1 is 1.47 bits per heavy atom. The van der Waals surface area contributed by atoms with Gasteiger partial charge >= 0.3 is 0 Å². The van der Waals surface area contributed by atoms with Crippen molar-refractivity contribution in [2.75, 3.05) is 6.54 Å². The van der Waals surface area contributed by atoms with E-state index in [1.54, 1.807) is 6.20 Å². The Kier molecular flexibility index (Phi) is 3.77. The van der Waals surface area contributed by atoms with Crippen molar-refractivity contribution in [3.63, 3.8) is 0 Å². The number of halogens is 1. The van der Waals surface area contributed by atoms with E-state index in [2.05, 4.69) is 25.0 Å². The maximum absolute atomic E-state index is 13.0. The molecule has 2 rings (SSSR count). The maximum Gasteiger partial charge on any atom is 0.213 e. The molecule has 0 amide bonds. The second-order valence-electron chi connectivity index (χ2n) is 3.71. The first kappa shape index (κ1) is 11.7. The molecule has 0 saturated carbocycles. The molecule has 0 spiro atoms. The predicted molar refractivity (Wildman–Crippen MR) is 58.6 cm³/mol. The Morgan fingerprint density at radius 3 is 3.06 bits per heavy atom. The van der Waals surface area contributed by atoms with Crippen molar-refractivity contribution in [1.82, 2.24) is 20.4 Å². The fourth-order valence-corrected chi connectivity index (χ4v) is 1.49. The minimum absolute atomic E-state index is 0.0325. The van der Waals surface area contributed by atoms with E-state index in [9.17, 15) is 4.39 Å². The lowest BCUT2D eigenvalue weighted by Gasteiger charge is -2.12. The lowest BCUT2D eigenvalue weighted by atomic mass is 10.1. The summed E-state index contributed by atoms with van der Waals surface area (Å²) in [5, 5.41) is 6.94. The quantitative estimate of drug-likeness (QED) is 0.852. The van der Waals surface area contributed by atoms with E-state index in [-0.39, 0.29) is 11.9 Å². The molecular weight excluding hydrogens is 223 g/mol. The third-order valence-electron chi connectivity index (χ3n) is 2.43. The van der Waals surface area contributed by atoms with Gasteiger partial charge in [0.2, 0.25) is 6.39 Å². The van der Waals surface area contributed by atoms with Crippen molar-refractivity contribution < 1.29 is 8.91 Å². The molecular formula is C11H13FN4O. The molecule has 0 aliphatic rings. The summed E-state index contributed by atoms with van der Waals surface area (Å²) in [7, 11) is 0. The van der Waals surface area contributed by atoms with Gasteiger partial charge in [-0.1, -0.05) is 5.16 Å². The lowest BCUT2D eigenvalue weighted by molar-refractivity contribution is 0.408.